The smallest absolute Gasteiger partial charge is 0.107 e. The minimum absolute atomic E-state index is 0.600. The molecule has 2 N–H and O–H groups in total. The van der Waals surface area contributed by atoms with E-state index in [0.717, 1.165) is 10.8 Å². The van der Waals surface area contributed by atoms with Crippen molar-refractivity contribution >= 4 is 23.1 Å². The highest BCUT2D eigenvalue weighted by atomic mass is 32.2. The third-order valence-corrected chi connectivity index (χ3v) is 3.86. The molecule has 11 heavy (non-hydrogen) atoms. The minimum Gasteiger partial charge on any atom is -0.325 e. The summed E-state index contributed by atoms with van der Waals surface area (Å²) in [5.41, 5.74) is 6.79. The Kier molecular flexibility index (Phi) is 2.16. The van der Waals surface area contributed by atoms with Crippen molar-refractivity contribution in [3.8, 4) is 0 Å². The molecule has 2 heterocycles. The summed E-state index contributed by atoms with van der Waals surface area (Å²) in [6.45, 7) is 0.600. The lowest BCUT2D eigenvalue weighted by atomic mass is 10.3. The Hall–Kier alpha value is -0.0600. The van der Waals surface area contributed by atoms with Crippen molar-refractivity contribution in [3.05, 3.63) is 15.6 Å². The molecule has 0 saturated heterocycles. The molecule has 0 unspecified atom stereocenters. The summed E-state index contributed by atoms with van der Waals surface area (Å²) in [5, 5.41) is 1.09. The molecule has 4 heteroatoms. The summed E-state index contributed by atoms with van der Waals surface area (Å²) in [6, 6.07) is 0. The van der Waals surface area contributed by atoms with Gasteiger partial charge in [-0.25, -0.2) is 4.98 Å². The van der Waals surface area contributed by atoms with Crippen LogP contribution >= 0.6 is 23.1 Å². The van der Waals surface area contributed by atoms with Crippen LogP contribution in [0.5, 0.6) is 0 Å². The first kappa shape index (κ1) is 7.58. The number of fused-ring (bicyclic) bond motifs is 1. The standard InChI is InChI=1S/C7H10N2S2/c8-3-7-9-5-4-10-2-1-6(5)11-7/h1-4,8H2. The van der Waals surface area contributed by atoms with Gasteiger partial charge in [-0.05, 0) is 12.2 Å². The molecule has 1 aliphatic rings. The van der Waals surface area contributed by atoms with Crippen molar-refractivity contribution in [1.82, 2.24) is 4.98 Å². The highest BCUT2D eigenvalue weighted by molar-refractivity contribution is 7.98. The molecule has 60 valence electrons. The first-order chi connectivity index (χ1) is 5.40. The highest BCUT2D eigenvalue weighted by Crippen LogP contribution is 2.28. The van der Waals surface area contributed by atoms with Crippen LogP contribution in [0.4, 0.5) is 0 Å². The summed E-state index contributed by atoms with van der Waals surface area (Å²) < 4.78 is 0. The zero-order valence-electron chi connectivity index (χ0n) is 6.17. The molecule has 1 aliphatic heterocycles. The van der Waals surface area contributed by atoms with Gasteiger partial charge in [-0.3, -0.25) is 0 Å². The fraction of sp³-hybridized carbons (Fsp3) is 0.571. The molecule has 0 saturated carbocycles. The Balaban J connectivity index is 2.32. The van der Waals surface area contributed by atoms with Gasteiger partial charge >= 0.3 is 0 Å². The van der Waals surface area contributed by atoms with E-state index in [9.17, 15) is 0 Å². The molecule has 0 fully saturated rings. The van der Waals surface area contributed by atoms with Crippen molar-refractivity contribution in [2.45, 2.75) is 18.7 Å². The number of thiazole rings is 1. The second-order valence-electron chi connectivity index (χ2n) is 2.48. The summed E-state index contributed by atoms with van der Waals surface area (Å²) in [7, 11) is 0. The van der Waals surface area contributed by atoms with Crippen LogP contribution in [-0.4, -0.2) is 10.7 Å². The number of rotatable bonds is 1. The second-order valence-corrected chi connectivity index (χ2v) is 4.76. The largest absolute Gasteiger partial charge is 0.325 e. The van der Waals surface area contributed by atoms with Gasteiger partial charge in [0.1, 0.15) is 5.01 Å². The molecular weight excluding hydrogens is 176 g/mol. The van der Waals surface area contributed by atoms with Crippen LogP contribution < -0.4 is 5.73 Å². The molecule has 0 atom stereocenters. The van der Waals surface area contributed by atoms with Crippen LogP contribution in [0.15, 0.2) is 0 Å². The van der Waals surface area contributed by atoms with Crippen molar-refractivity contribution in [1.29, 1.82) is 0 Å². The van der Waals surface area contributed by atoms with Crippen LogP contribution in [0.25, 0.3) is 0 Å². The Bertz CT molecular complexity index is 233. The summed E-state index contributed by atoms with van der Waals surface area (Å²) in [5.74, 6) is 2.34. The van der Waals surface area contributed by atoms with Crippen LogP contribution in [-0.2, 0) is 18.7 Å². The first-order valence-electron chi connectivity index (χ1n) is 3.65. The van der Waals surface area contributed by atoms with Gasteiger partial charge in [-0.1, -0.05) is 0 Å². The van der Waals surface area contributed by atoms with E-state index < -0.39 is 0 Å². The molecule has 2 nitrogen and oxygen atoms in total. The van der Waals surface area contributed by atoms with E-state index >= 15 is 0 Å². The number of thioether (sulfide) groups is 1. The summed E-state index contributed by atoms with van der Waals surface area (Å²) >= 11 is 3.75. The zero-order valence-corrected chi connectivity index (χ0v) is 7.80. The fourth-order valence-corrected chi connectivity index (χ4v) is 3.27. The SMILES string of the molecule is NCc1nc2c(s1)CCSC2. The predicted octanol–water partition coefficient (Wildman–Crippen LogP) is 1.39. The van der Waals surface area contributed by atoms with E-state index in [4.69, 9.17) is 5.73 Å². The van der Waals surface area contributed by atoms with Crippen LogP contribution in [0, 0.1) is 0 Å². The Labute approximate surface area is 74.2 Å². The Morgan fingerprint density at radius 3 is 3.18 bits per heavy atom. The van der Waals surface area contributed by atoms with Crippen molar-refractivity contribution in [2.75, 3.05) is 5.75 Å². The van der Waals surface area contributed by atoms with Crippen LogP contribution in [0.3, 0.4) is 0 Å². The normalized spacial score (nSPS) is 16.5. The molecule has 0 radical (unpaired) electrons. The highest BCUT2D eigenvalue weighted by Gasteiger charge is 2.13. The van der Waals surface area contributed by atoms with Crippen molar-refractivity contribution < 1.29 is 0 Å². The van der Waals surface area contributed by atoms with E-state index in [-0.39, 0.29) is 0 Å². The third kappa shape index (κ3) is 1.43. The number of hydrogen-bond acceptors (Lipinski definition) is 4. The monoisotopic (exact) mass is 186 g/mol. The van der Waals surface area contributed by atoms with Crippen LogP contribution in [0.1, 0.15) is 15.6 Å². The number of aryl methyl sites for hydroxylation is 1. The molecule has 0 spiro atoms. The second kappa shape index (κ2) is 3.13. The van der Waals surface area contributed by atoms with Gasteiger partial charge in [0.05, 0.1) is 5.69 Å². The third-order valence-electron chi connectivity index (χ3n) is 1.71. The predicted molar refractivity (Wildman–Crippen MR) is 49.9 cm³/mol. The molecule has 1 aromatic rings. The van der Waals surface area contributed by atoms with Gasteiger partial charge in [0, 0.05) is 17.2 Å². The van der Waals surface area contributed by atoms with E-state index in [1.165, 1.54) is 22.7 Å². The fourth-order valence-electron chi connectivity index (χ4n) is 1.17. The summed E-state index contributed by atoms with van der Waals surface area (Å²) in [4.78, 5) is 5.90. The van der Waals surface area contributed by atoms with Gasteiger partial charge in [0.25, 0.3) is 0 Å². The molecule has 0 bridgehead atoms. The van der Waals surface area contributed by atoms with Gasteiger partial charge < -0.3 is 5.73 Å². The molecule has 0 aliphatic carbocycles. The van der Waals surface area contributed by atoms with Crippen LogP contribution in [0.2, 0.25) is 0 Å². The zero-order chi connectivity index (χ0) is 7.68. The Morgan fingerprint density at radius 1 is 1.55 bits per heavy atom. The van der Waals surface area contributed by atoms with Crippen molar-refractivity contribution in [2.24, 2.45) is 5.73 Å². The Morgan fingerprint density at radius 2 is 2.45 bits per heavy atom. The number of hydrogen-bond donors (Lipinski definition) is 1. The maximum Gasteiger partial charge on any atom is 0.107 e. The number of aromatic nitrogens is 1. The summed E-state index contributed by atoms with van der Waals surface area (Å²) in [6.07, 6.45) is 1.19. The van der Waals surface area contributed by atoms with E-state index in [2.05, 4.69) is 4.98 Å². The molecular formula is C7H10N2S2. The lowest BCUT2D eigenvalue weighted by Crippen LogP contribution is -1.99. The molecule has 2 rings (SSSR count). The number of nitrogens with two attached hydrogens (primary N) is 1. The maximum absolute atomic E-state index is 5.50. The number of nitrogens with zero attached hydrogens (tertiary/aromatic N) is 1. The van der Waals surface area contributed by atoms with E-state index in [1.807, 2.05) is 11.8 Å². The lowest BCUT2D eigenvalue weighted by Gasteiger charge is -2.06. The topological polar surface area (TPSA) is 38.9 Å². The molecule has 0 aromatic carbocycles. The van der Waals surface area contributed by atoms with Gasteiger partial charge in [0.2, 0.25) is 0 Å². The molecule has 1 aromatic heterocycles. The molecule has 0 amide bonds. The first-order valence-corrected chi connectivity index (χ1v) is 5.62. The van der Waals surface area contributed by atoms with E-state index in [1.54, 1.807) is 11.3 Å². The maximum atomic E-state index is 5.50. The quantitative estimate of drug-likeness (QED) is 0.720. The van der Waals surface area contributed by atoms with Gasteiger partial charge in [-0.15, -0.1) is 11.3 Å². The average Bonchev–Trinajstić information content (AvgIpc) is 2.46. The van der Waals surface area contributed by atoms with Gasteiger partial charge in [-0.2, -0.15) is 11.8 Å². The lowest BCUT2D eigenvalue weighted by molar-refractivity contribution is 0.998. The van der Waals surface area contributed by atoms with Crippen molar-refractivity contribution in [3.63, 3.8) is 0 Å². The average molecular weight is 186 g/mol. The minimum atomic E-state index is 0.600. The van der Waals surface area contributed by atoms with Gasteiger partial charge in [0.15, 0.2) is 0 Å². The van der Waals surface area contributed by atoms with E-state index in [0.29, 0.717) is 6.54 Å².